The normalized spacial score (nSPS) is 43.4. The van der Waals surface area contributed by atoms with E-state index < -0.39 is 71.6 Å². The molecule has 0 aromatic rings. The molecule has 30 heavy (non-hydrogen) atoms. The maximum Gasteiger partial charge on any atom is 0.334 e. The van der Waals surface area contributed by atoms with Crippen LogP contribution >= 0.6 is 0 Å². The van der Waals surface area contributed by atoms with Crippen LogP contribution in [0.3, 0.4) is 0 Å². The standard InChI is InChI=1S/C22H30O8/c1-7-9(2)20(26)29-13-8-14(24)22(6)16(13)11(4)17(25)18-15(10(3)21(27)30-18)19(22)28-12(5)23/h7,11,13-19,24-25H,3,8H2,1-2,4-6H3/b9-7-/t11-,13-,14-,15+,16+,17+,18+,19+,22+/m0/s1. The molecule has 0 aromatic carbocycles. The lowest BCUT2D eigenvalue weighted by atomic mass is 9.66. The summed E-state index contributed by atoms with van der Waals surface area (Å²) in [7, 11) is 0. The number of aliphatic hydroxyl groups excluding tert-OH is 2. The molecule has 3 rings (SSSR count). The van der Waals surface area contributed by atoms with Crippen LogP contribution in [0.1, 0.15) is 41.0 Å². The predicted molar refractivity (Wildman–Crippen MR) is 105 cm³/mol. The number of fused-ring (bicyclic) bond motifs is 2. The van der Waals surface area contributed by atoms with E-state index in [1.807, 2.05) is 0 Å². The average molecular weight is 422 g/mol. The van der Waals surface area contributed by atoms with Crippen molar-refractivity contribution in [3.05, 3.63) is 23.8 Å². The number of hydrogen-bond acceptors (Lipinski definition) is 8. The van der Waals surface area contributed by atoms with Gasteiger partial charge < -0.3 is 24.4 Å². The van der Waals surface area contributed by atoms with Crippen LogP contribution in [0.4, 0.5) is 0 Å². The van der Waals surface area contributed by atoms with Gasteiger partial charge >= 0.3 is 17.9 Å². The molecule has 2 aliphatic carbocycles. The van der Waals surface area contributed by atoms with E-state index >= 15 is 0 Å². The van der Waals surface area contributed by atoms with Gasteiger partial charge in [0.05, 0.1) is 18.1 Å². The van der Waals surface area contributed by atoms with Gasteiger partial charge in [-0.3, -0.25) is 4.79 Å². The number of carbonyl (C=O) groups excluding carboxylic acids is 3. The third-order valence-corrected chi connectivity index (χ3v) is 7.24. The van der Waals surface area contributed by atoms with Gasteiger partial charge in [0, 0.05) is 35.8 Å². The van der Waals surface area contributed by atoms with Crippen molar-refractivity contribution in [2.75, 3.05) is 0 Å². The molecule has 3 aliphatic rings. The quantitative estimate of drug-likeness (QED) is 0.397. The molecular formula is C22H30O8. The molecule has 1 heterocycles. The summed E-state index contributed by atoms with van der Waals surface area (Å²) in [6.45, 7) is 11.9. The molecule has 1 saturated heterocycles. The molecule has 8 nitrogen and oxygen atoms in total. The Morgan fingerprint density at radius 3 is 2.47 bits per heavy atom. The van der Waals surface area contributed by atoms with Gasteiger partial charge in [0.2, 0.25) is 0 Å². The fraction of sp³-hybridized carbons (Fsp3) is 0.682. The van der Waals surface area contributed by atoms with Crippen LogP contribution in [-0.2, 0) is 28.6 Å². The van der Waals surface area contributed by atoms with E-state index in [0.717, 1.165) is 0 Å². The lowest BCUT2D eigenvalue weighted by Gasteiger charge is -2.43. The molecule has 0 radical (unpaired) electrons. The first-order valence-electron chi connectivity index (χ1n) is 10.2. The SMILES string of the molecule is C=C1C(=O)O[C@H]2[C@H](O)[C@@H](C)[C@@H]3[C@@H](OC(=O)/C(C)=C\C)C[C@H](O)[C@@]3(C)[C@H](OC(C)=O)[C@H]12. The van der Waals surface area contributed by atoms with Gasteiger partial charge in [-0.05, 0) is 19.8 Å². The molecule has 0 spiro atoms. The molecule has 2 saturated carbocycles. The van der Waals surface area contributed by atoms with Gasteiger partial charge in [0.1, 0.15) is 18.3 Å². The van der Waals surface area contributed by atoms with Crippen LogP contribution in [0.25, 0.3) is 0 Å². The van der Waals surface area contributed by atoms with E-state index in [9.17, 15) is 24.6 Å². The number of carbonyl (C=O) groups is 3. The van der Waals surface area contributed by atoms with Gasteiger partial charge in [0.15, 0.2) is 0 Å². The minimum Gasteiger partial charge on any atom is -0.461 e. The van der Waals surface area contributed by atoms with Gasteiger partial charge in [-0.25, -0.2) is 9.59 Å². The fourth-order valence-corrected chi connectivity index (χ4v) is 5.52. The highest BCUT2D eigenvalue weighted by atomic mass is 16.6. The number of hydrogen-bond donors (Lipinski definition) is 2. The molecule has 0 amide bonds. The number of esters is 3. The van der Waals surface area contributed by atoms with Crippen molar-refractivity contribution in [3.8, 4) is 0 Å². The second kappa shape index (κ2) is 7.81. The summed E-state index contributed by atoms with van der Waals surface area (Å²) in [6, 6.07) is 0. The summed E-state index contributed by atoms with van der Waals surface area (Å²) in [5.74, 6) is -3.64. The maximum atomic E-state index is 12.4. The van der Waals surface area contributed by atoms with Gasteiger partial charge in [-0.2, -0.15) is 0 Å². The number of aliphatic hydroxyl groups is 2. The van der Waals surface area contributed by atoms with Crippen LogP contribution in [0.15, 0.2) is 23.8 Å². The van der Waals surface area contributed by atoms with E-state index in [-0.39, 0.29) is 12.0 Å². The highest BCUT2D eigenvalue weighted by Gasteiger charge is 2.68. The molecule has 3 fully saturated rings. The monoisotopic (exact) mass is 422 g/mol. The zero-order chi connectivity index (χ0) is 22.5. The highest BCUT2D eigenvalue weighted by Crippen LogP contribution is 2.58. The summed E-state index contributed by atoms with van der Waals surface area (Å²) in [4.78, 5) is 36.6. The topological polar surface area (TPSA) is 119 Å². The van der Waals surface area contributed by atoms with Crippen molar-refractivity contribution in [3.63, 3.8) is 0 Å². The fourth-order valence-electron chi connectivity index (χ4n) is 5.52. The second-order valence-electron chi connectivity index (χ2n) is 8.86. The Morgan fingerprint density at radius 2 is 1.90 bits per heavy atom. The minimum atomic E-state index is -1.11. The first-order valence-corrected chi connectivity index (χ1v) is 10.2. The first kappa shape index (κ1) is 22.5. The van der Waals surface area contributed by atoms with Crippen molar-refractivity contribution in [1.82, 2.24) is 0 Å². The minimum absolute atomic E-state index is 0.0942. The average Bonchev–Trinajstić information content (AvgIpc) is 3.09. The maximum absolute atomic E-state index is 12.4. The highest BCUT2D eigenvalue weighted by molar-refractivity contribution is 5.91. The Balaban J connectivity index is 2.10. The van der Waals surface area contributed by atoms with E-state index in [1.54, 1.807) is 33.8 Å². The Labute approximate surface area is 175 Å². The van der Waals surface area contributed by atoms with E-state index in [4.69, 9.17) is 14.2 Å². The van der Waals surface area contributed by atoms with Crippen LogP contribution in [-0.4, -0.2) is 58.6 Å². The first-order chi connectivity index (χ1) is 13.9. The number of allylic oxidation sites excluding steroid dienone is 1. The molecule has 1 aliphatic heterocycles. The zero-order valence-electron chi connectivity index (χ0n) is 18.0. The summed E-state index contributed by atoms with van der Waals surface area (Å²) in [6.07, 6.45) is -3.02. The van der Waals surface area contributed by atoms with E-state index in [1.165, 1.54) is 6.92 Å². The van der Waals surface area contributed by atoms with Crippen LogP contribution in [0.5, 0.6) is 0 Å². The van der Waals surface area contributed by atoms with Crippen LogP contribution in [0, 0.1) is 23.2 Å². The predicted octanol–water partition coefficient (Wildman–Crippen LogP) is 1.29. The lowest BCUT2D eigenvalue weighted by Crippen LogP contribution is -2.51. The molecule has 2 N–H and O–H groups in total. The lowest BCUT2D eigenvalue weighted by molar-refractivity contribution is -0.170. The second-order valence-corrected chi connectivity index (χ2v) is 8.86. The summed E-state index contributed by atoms with van der Waals surface area (Å²) < 4.78 is 16.8. The van der Waals surface area contributed by atoms with Crippen LogP contribution in [0.2, 0.25) is 0 Å². The molecule has 0 bridgehead atoms. The van der Waals surface area contributed by atoms with Gasteiger partial charge in [-0.1, -0.05) is 26.5 Å². The van der Waals surface area contributed by atoms with E-state index in [0.29, 0.717) is 5.57 Å². The Kier molecular flexibility index (Phi) is 5.86. The third kappa shape index (κ3) is 3.26. The molecule has 9 atom stereocenters. The third-order valence-electron chi connectivity index (χ3n) is 7.24. The van der Waals surface area contributed by atoms with Gasteiger partial charge in [-0.15, -0.1) is 0 Å². The largest absolute Gasteiger partial charge is 0.461 e. The summed E-state index contributed by atoms with van der Waals surface area (Å²) in [5, 5.41) is 22.2. The molecule has 0 aromatic heterocycles. The van der Waals surface area contributed by atoms with Crippen molar-refractivity contribution >= 4 is 17.9 Å². The Hall–Kier alpha value is -2.19. The molecule has 0 unspecified atom stereocenters. The molecule has 8 heteroatoms. The van der Waals surface area contributed by atoms with Crippen molar-refractivity contribution < 1.29 is 38.8 Å². The summed E-state index contributed by atoms with van der Waals surface area (Å²) >= 11 is 0. The van der Waals surface area contributed by atoms with Crippen molar-refractivity contribution in [1.29, 1.82) is 0 Å². The van der Waals surface area contributed by atoms with E-state index in [2.05, 4.69) is 6.58 Å². The summed E-state index contributed by atoms with van der Waals surface area (Å²) in [5.41, 5.74) is -0.579. The van der Waals surface area contributed by atoms with Gasteiger partial charge in [0.25, 0.3) is 0 Å². The van der Waals surface area contributed by atoms with Crippen molar-refractivity contribution in [2.45, 2.75) is 71.6 Å². The smallest absolute Gasteiger partial charge is 0.334 e. The number of rotatable bonds is 3. The molecular weight excluding hydrogens is 392 g/mol. The zero-order valence-corrected chi connectivity index (χ0v) is 18.0. The molecule has 166 valence electrons. The van der Waals surface area contributed by atoms with Crippen molar-refractivity contribution in [2.24, 2.45) is 23.2 Å². The Bertz CT molecular complexity index is 801. The van der Waals surface area contributed by atoms with Crippen LogP contribution < -0.4 is 0 Å². The number of ether oxygens (including phenoxy) is 3. The Morgan fingerprint density at radius 1 is 1.27 bits per heavy atom.